The summed E-state index contributed by atoms with van der Waals surface area (Å²) in [4.78, 5) is 19.2. The van der Waals surface area contributed by atoms with E-state index < -0.39 is 11.5 Å². The maximum absolute atomic E-state index is 11.8. The number of nitrogens with two attached hydrogens (primary N) is 1. The second-order valence-electron chi connectivity index (χ2n) is 8.19. The maximum Gasteiger partial charge on any atom is 0.252 e. The second-order valence-corrected chi connectivity index (χ2v) is 8.19. The van der Waals surface area contributed by atoms with Gasteiger partial charge in [-0.1, -0.05) is 0 Å². The van der Waals surface area contributed by atoms with Gasteiger partial charge in [0.25, 0.3) is 5.91 Å². The Balaban J connectivity index is 1.50. The molecule has 3 bridgehead atoms. The third-order valence-corrected chi connectivity index (χ3v) is 6.48. The molecule has 1 amide bonds. The van der Waals surface area contributed by atoms with E-state index in [2.05, 4.69) is 15.3 Å². The summed E-state index contributed by atoms with van der Waals surface area (Å²) in [6.07, 6.45) is 9.59. The van der Waals surface area contributed by atoms with Gasteiger partial charge in [-0.3, -0.25) is 4.79 Å². The summed E-state index contributed by atoms with van der Waals surface area (Å²) >= 11 is 0. The van der Waals surface area contributed by atoms with Crippen molar-refractivity contribution in [2.75, 3.05) is 5.32 Å². The number of fused-ring (bicyclic) bond motifs is 1. The zero-order valence-corrected chi connectivity index (χ0v) is 13.5. The zero-order valence-electron chi connectivity index (χ0n) is 13.5. The molecule has 5 N–H and O–H groups in total. The molecule has 4 fully saturated rings. The number of nitrogens with zero attached hydrogens (tertiary/aromatic N) is 1. The van der Waals surface area contributed by atoms with Gasteiger partial charge in [-0.05, 0) is 55.9 Å². The molecule has 0 radical (unpaired) electrons. The van der Waals surface area contributed by atoms with Crippen LogP contribution in [0.2, 0.25) is 0 Å². The van der Waals surface area contributed by atoms with Crippen LogP contribution in [0.5, 0.6) is 0 Å². The molecule has 0 aliphatic heterocycles. The van der Waals surface area contributed by atoms with Crippen LogP contribution in [-0.4, -0.2) is 32.6 Å². The van der Waals surface area contributed by atoms with Crippen molar-refractivity contribution in [1.82, 2.24) is 9.97 Å². The molecule has 2 aromatic rings. The van der Waals surface area contributed by atoms with Crippen molar-refractivity contribution in [2.45, 2.75) is 50.2 Å². The van der Waals surface area contributed by atoms with Crippen LogP contribution in [0.15, 0.2) is 18.5 Å². The number of hydrogen-bond acceptors (Lipinski definition) is 4. The monoisotopic (exact) mass is 326 g/mol. The smallest absolute Gasteiger partial charge is 0.252 e. The summed E-state index contributed by atoms with van der Waals surface area (Å²) in [5, 5.41) is 15.1. The maximum atomic E-state index is 11.8. The van der Waals surface area contributed by atoms with Gasteiger partial charge in [-0.25, -0.2) is 4.98 Å². The molecule has 0 aromatic carbocycles. The number of carbonyl (C=O) groups excluding carboxylic acids is 1. The van der Waals surface area contributed by atoms with Crippen molar-refractivity contribution < 1.29 is 9.90 Å². The molecule has 126 valence electrons. The number of nitrogens with one attached hydrogen (secondary N) is 2. The highest BCUT2D eigenvalue weighted by atomic mass is 16.3. The number of anilines is 1. The number of amides is 1. The predicted octanol–water partition coefficient (Wildman–Crippen LogP) is 2.16. The highest BCUT2D eigenvalue weighted by Gasteiger charge is 2.61. The fraction of sp³-hybridized carbons (Fsp3) is 0.556. The lowest BCUT2D eigenvalue weighted by atomic mass is 9.44. The molecule has 2 aromatic heterocycles. The Morgan fingerprint density at radius 2 is 2.25 bits per heavy atom. The van der Waals surface area contributed by atoms with Crippen molar-refractivity contribution in [2.24, 2.45) is 17.1 Å². The minimum absolute atomic E-state index is 0.267. The van der Waals surface area contributed by atoms with Crippen LogP contribution in [0.1, 0.15) is 48.9 Å². The Morgan fingerprint density at radius 1 is 1.42 bits per heavy atom. The van der Waals surface area contributed by atoms with Crippen LogP contribution in [0, 0.1) is 11.3 Å². The first-order valence-electron chi connectivity index (χ1n) is 8.72. The Bertz CT molecular complexity index is 835. The van der Waals surface area contributed by atoms with Crippen molar-refractivity contribution >= 4 is 22.6 Å². The minimum Gasteiger partial charge on any atom is -0.390 e. The first-order valence-corrected chi connectivity index (χ1v) is 8.72. The fourth-order valence-electron chi connectivity index (χ4n) is 5.74. The van der Waals surface area contributed by atoms with Crippen LogP contribution in [0.25, 0.3) is 11.0 Å². The van der Waals surface area contributed by atoms with E-state index in [-0.39, 0.29) is 6.04 Å². The fourth-order valence-corrected chi connectivity index (χ4v) is 5.74. The van der Waals surface area contributed by atoms with Gasteiger partial charge >= 0.3 is 0 Å². The van der Waals surface area contributed by atoms with Gasteiger partial charge in [0.15, 0.2) is 0 Å². The summed E-state index contributed by atoms with van der Waals surface area (Å²) in [6.45, 7) is 0. The molecule has 6 nitrogen and oxygen atoms in total. The van der Waals surface area contributed by atoms with Crippen LogP contribution in [0.3, 0.4) is 0 Å². The zero-order chi connectivity index (χ0) is 16.5. The average molecular weight is 326 g/mol. The van der Waals surface area contributed by atoms with Crippen LogP contribution in [-0.2, 0) is 0 Å². The van der Waals surface area contributed by atoms with Gasteiger partial charge in [0.1, 0.15) is 5.65 Å². The number of carbonyl (C=O) groups is 1. The lowest BCUT2D eigenvalue weighted by Gasteiger charge is -2.64. The molecular formula is C18H22N4O2. The van der Waals surface area contributed by atoms with E-state index in [1.807, 2.05) is 12.3 Å². The van der Waals surface area contributed by atoms with E-state index in [1.54, 1.807) is 6.20 Å². The topological polar surface area (TPSA) is 104 Å². The SMILES string of the molecule is NC(=O)c1cnc2[nH]ccc2c1NC1CCC23C[C@H]1CC(O)(C2)C3. The molecule has 1 spiro atoms. The van der Waals surface area contributed by atoms with Gasteiger partial charge in [0, 0.05) is 23.8 Å². The predicted molar refractivity (Wildman–Crippen MR) is 90.6 cm³/mol. The highest BCUT2D eigenvalue weighted by Crippen LogP contribution is 2.65. The molecule has 4 aliphatic rings. The van der Waals surface area contributed by atoms with Crippen molar-refractivity contribution in [1.29, 1.82) is 0 Å². The second kappa shape index (κ2) is 4.51. The number of aromatic amines is 1. The third-order valence-electron chi connectivity index (χ3n) is 6.48. The summed E-state index contributed by atoms with van der Waals surface area (Å²) < 4.78 is 0. The molecule has 2 heterocycles. The number of primary amides is 1. The number of H-pyrrole nitrogens is 1. The molecule has 6 heteroatoms. The molecule has 4 aliphatic carbocycles. The number of rotatable bonds is 3. The van der Waals surface area contributed by atoms with Crippen molar-refractivity contribution in [3.05, 3.63) is 24.0 Å². The summed E-state index contributed by atoms with van der Waals surface area (Å²) in [5.74, 6) is -0.0142. The third kappa shape index (κ3) is 1.92. The molecule has 4 saturated carbocycles. The van der Waals surface area contributed by atoms with Gasteiger partial charge in [-0.15, -0.1) is 0 Å². The van der Waals surface area contributed by atoms with Crippen LogP contribution >= 0.6 is 0 Å². The highest BCUT2D eigenvalue weighted by molar-refractivity contribution is 6.05. The van der Waals surface area contributed by atoms with Gasteiger partial charge in [-0.2, -0.15) is 0 Å². The van der Waals surface area contributed by atoms with Crippen molar-refractivity contribution in [3.63, 3.8) is 0 Å². The number of hydrogen-bond donors (Lipinski definition) is 4. The quantitative estimate of drug-likeness (QED) is 0.694. The molecule has 1 unspecified atom stereocenters. The van der Waals surface area contributed by atoms with E-state index in [0.717, 1.165) is 48.8 Å². The average Bonchev–Trinajstić information content (AvgIpc) is 2.97. The molecule has 0 saturated heterocycles. The summed E-state index contributed by atoms with van der Waals surface area (Å²) in [6, 6.07) is 2.19. The molecule has 2 atom stereocenters. The minimum atomic E-state index is -0.467. The number of aromatic nitrogens is 2. The van der Waals surface area contributed by atoms with Crippen LogP contribution < -0.4 is 11.1 Å². The Morgan fingerprint density at radius 3 is 3.04 bits per heavy atom. The summed E-state index contributed by atoms with van der Waals surface area (Å²) in [5.41, 5.74) is 7.45. The van der Waals surface area contributed by atoms with E-state index in [1.165, 1.54) is 6.42 Å². The lowest BCUT2D eigenvalue weighted by molar-refractivity contribution is -0.203. The standard InChI is InChI=1S/C18H22N4O2/c19-15(23)12-7-21-16-11(2-4-20-16)14(12)22-13-1-3-17-5-10(13)6-18(24,8-17)9-17/h2,4,7,10,13,24H,1,3,5-6,8-9H2,(H2,19,23)(H2,20,21,22)/t10-,13?,17?,18?/m0/s1. The Kier molecular flexibility index (Phi) is 2.68. The lowest BCUT2D eigenvalue weighted by Crippen LogP contribution is -2.62. The van der Waals surface area contributed by atoms with Gasteiger partial charge < -0.3 is 21.1 Å². The first kappa shape index (κ1) is 14.3. The van der Waals surface area contributed by atoms with E-state index in [0.29, 0.717) is 16.9 Å². The van der Waals surface area contributed by atoms with E-state index in [4.69, 9.17) is 5.73 Å². The Hall–Kier alpha value is -2.08. The van der Waals surface area contributed by atoms with Crippen molar-refractivity contribution in [3.8, 4) is 0 Å². The number of aliphatic hydroxyl groups is 1. The molecule has 24 heavy (non-hydrogen) atoms. The van der Waals surface area contributed by atoms with E-state index >= 15 is 0 Å². The van der Waals surface area contributed by atoms with E-state index in [9.17, 15) is 9.90 Å². The van der Waals surface area contributed by atoms with Crippen LogP contribution in [0.4, 0.5) is 5.69 Å². The summed E-state index contributed by atoms with van der Waals surface area (Å²) in [7, 11) is 0. The normalized spacial score (nSPS) is 37.0. The molecular weight excluding hydrogens is 304 g/mol. The largest absolute Gasteiger partial charge is 0.390 e. The Labute approximate surface area is 139 Å². The molecule has 6 rings (SSSR count). The van der Waals surface area contributed by atoms with Gasteiger partial charge in [0.05, 0.1) is 16.9 Å². The first-order chi connectivity index (χ1) is 11.5. The number of pyridine rings is 1. The van der Waals surface area contributed by atoms with Gasteiger partial charge in [0.2, 0.25) is 0 Å².